The van der Waals surface area contributed by atoms with Crippen molar-refractivity contribution >= 4 is 35.3 Å². The SMILES string of the molecule is COC(=O)[C@H]1CS[C@H](C(=O)OC)N1C(=O)C[NH+]1CCN(c2ccccc2)CC1. The zero-order valence-corrected chi connectivity index (χ0v) is 16.9. The normalized spacial score (nSPS) is 22.8. The van der Waals surface area contributed by atoms with Crippen molar-refractivity contribution in [2.24, 2.45) is 0 Å². The van der Waals surface area contributed by atoms with Gasteiger partial charge in [-0.2, -0.15) is 0 Å². The van der Waals surface area contributed by atoms with Gasteiger partial charge in [0.1, 0.15) is 6.04 Å². The summed E-state index contributed by atoms with van der Waals surface area (Å²) in [6.45, 7) is 3.56. The number of methoxy groups -OCH3 is 2. The smallest absolute Gasteiger partial charge is 0.339 e. The molecule has 1 aromatic rings. The number of para-hydroxylation sites is 1. The van der Waals surface area contributed by atoms with Gasteiger partial charge in [0.2, 0.25) is 0 Å². The summed E-state index contributed by atoms with van der Waals surface area (Å²) < 4.78 is 9.63. The Morgan fingerprint density at radius 1 is 1.07 bits per heavy atom. The number of quaternary nitrogens is 1. The van der Waals surface area contributed by atoms with Crippen LogP contribution in [-0.4, -0.2) is 86.9 Å². The number of ether oxygens (including phenoxy) is 2. The van der Waals surface area contributed by atoms with Crippen molar-refractivity contribution in [2.45, 2.75) is 11.4 Å². The molecule has 152 valence electrons. The van der Waals surface area contributed by atoms with E-state index in [1.165, 1.54) is 36.6 Å². The number of anilines is 1. The molecule has 0 saturated carbocycles. The highest BCUT2D eigenvalue weighted by atomic mass is 32.2. The van der Waals surface area contributed by atoms with Crippen molar-refractivity contribution in [1.82, 2.24) is 4.90 Å². The van der Waals surface area contributed by atoms with Gasteiger partial charge in [-0.3, -0.25) is 4.79 Å². The Kier molecular flexibility index (Phi) is 6.79. The van der Waals surface area contributed by atoms with E-state index >= 15 is 0 Å². The summed E-state index contributed by atoms with van der Waals surface area (Å²) in [7, 11) is 2.57. The predicted octanol–water partition coefficient (Wildman–Crippen LogP) is -0.992. The van der Waals surface area contributed by atoms with Crippen molar-refractivity contribution in [2.75, 3.05) is 57.6 Å². The van der Waals surface area contributed by atoms with Crippen LogP contribution in [0.3, 0.4) is 0 Å². The number of amides is 1. The lowest BCUT2D eigenvalue weighted by Gasteiger charge is -2.34. The third-order valence-electron chi connectivity index (χ3n) is 5.16. The van der Waals surface area contributed by atoms with Gasteiger partial charge in [-0.05, 0) is 12.1 Å². The Morgan fingerprint density at radius 3 is 2.32 bits per heavy atom. The topological polar surface area (TPSA) is 80.6 Å². The quantitative estimate of drug-likeness (QED) is 0.627. The third kappa shape index (κ3) is 4.41. The average molecular weight is 409 g/mol. The van der Waals surface area contributed by atoms with E-state index in [0.29, 0.717) is 5.75 Å². The van der Waals surface area contributed by atoms with Crippen molar-refractivity contribution in [3.8, 4) is 0 Å². The van der Waals surface area contributed by atoms with Gasteiger partial charge < -0.3 is 24.2 Å². The van der Waals surface area contributed by atoms with E-state index in [1.54, 1.807) is 0 Å². The summed E-state index contributed by atoms with van der Waals surface area (Å²) in [4.78, 5) is 41.9. The highest BCUT2D eigenvalue weighted by Crippen LogP contribution is 2.30. The minimum absolute atomic E-state index is 0.223. The van der Waals surface area contributed by atoms with Crippen LogP contribution in [0.4, 0.5) is 5.69 Å². The highest BCUT2D eigenvalue weighted by molar-refractivity contribution is 8.00. The molecule has 1 aromatic carbocycles. The number of hydrogen-bond acceptors (Lipinski definition) is 7. The van der Waals surface area contributed by atoms with Crippen LogP contribution in [-0.2, 0) is 23.9 Å². The fraction of sp³-hybridized carbons (Fsp3) is 0.526. The van der Waals surface area contributed by atoms with E-state index in [2.05, 4.69) is 17.0 Å². The predicted molar refractivity (Wildman–Crippen MR) is 105 cm³/mol. The first-order valence-corrected chi connectivity index (χ1v) is 10.3. The number of thioether (sulfide) groups is 1. The minimum atomic E-state index is -0.799. The largest absolute Gasteiger partial charge is 0.467 e. The van der Waals surface area contributed by atoms with E-state index in [4.69, 9.17) is 9.47 Å². The van der Waals surface area contributed by atoms with Gasteiger partial charge >= 0.3 is 11.9 Å². The molecule has 2 saturated heterocycles. The Balaban J connectivity index is 1.62. The molecule has 2 aliphatic rings. The lowest BCUT2D eigenvalue weighted by atomic mass is 10.2. The van der Waals surface area contributed by atoms with Crippen LogP contribution in [0.25, 0.3) is 0 Å². The van der Waals surface area contributed by atoms with E-state index in [0.717, 1.165) is 31.1 Å². The van der Waals surface area contributed by atoms with Crippen molar-refractivity contribution in [3.63, 3.8) is 0 Å². The molecule has 0 aromatic heterocycles. The van der Waals surface area contributed by atoms with Gasteiger partial charge in [-0.15, -0.1) is 11.8 Å². The molecule has 0 spiro atoms. The minimum Gasteiger partial charge on any atom is -0.467 e. The molecule has 2 atom stereocenters. The third-order valence-corrected chi connectivity index (χ3v) is 6.40. The number of carbonyl (C=O) groups excluding carboxylic acids is 3. The van der Waals surface area contributed by atoms with Crippen LogP contribution in [0.1, 0.15) is 0 Å². The number of hydrogen-bond donors (Lipinski definition) is 1. The first-order chi connectivity index (χ1) is 13.5. The Bertz CT molecular complexity index is 685. The van der Waals surface area contributed by atoms with Gasteiger partial charge in [0, 0.05) is 11.4 Å². The Hall–Kier alpha value is -2.26. The lowest BCUT2D eigenvalue weighted by Crippen LogP contribution is -3.16. The molecule has 8 nitrogen and oxygen atoms in total. The summed E-state index contributed by atoms with van der Waals surface area (Å²) in [5.41, 5.74) is 1.18. The molecule has 1 N–H and O–H groups in total. The molecule has 2 aliphatic heterocycles. The average Bonchev–Trinajstić information content (AvgIpc) is 3.19. The zero-order valence-electron chi connectivity index (χ0n) is 16.1. The van der Waals surface area contributed by atoms with Crippen molar-refractivity contribution < 1.29 is 28.8 Å². The Labute approximate surface area is 168 Å². The zero-order chi connectivity index (χ0) is 20.1. The number of nitrogens with one attached hydrogen (secondary N) is 1. The number of benzene rings is 1. The lowest BCUT2D eigenvalue weighted by molar-refractivity contribution is -0.892. The second-order valence-corrected chi connectivity index (χ2v) is 7.91. The van der Waals surface area contributed by atoms with Crippen LogP contribution in [0.2, 0.25) is 0 Å². The van der Waals surface area contributed by atoms with Gasteiger partial charge in [-0.1, -0.05) is 18.2 Å². The molecule has 1 amide bonds. The molecule has 0 aliphatic carbocycles. The molecule has 0 radical (unpaired) electrons. The van der Waals surface area contributed by atoms with Crippen molar-refractivity contribution in [1.29, 1.82) is 0 Å². The van der Waals surface area contributed by atoms with Gasteiger partial charge in [-0.25, -0.2) is 9.59 Å². The number of esters is 2. The molecule has 0 bridgehead atoms. The van der Waals surface area contributed by atoms with Crippen molar-refractivity contribution in [3.05, 3.63) is 30.3 Å². The monoisotopic (exact) mass is 408 g/mol. The standard InChI is InChI=1S/C19H25N3O5S/c1-26-18(24)15-13-28-17(19(25)27-2)22(15)16(23)12-20-8-10-21(11-9-20)14-6-4-3-5-7-14/h3-7,15,17H,8-13H2,1-2H3/p+1/t15-,17-/m1/s1. The molecule has 2 heterocycles. The number of carbonyl (C=O) groups is 3. The molecular weight excluding hydrogens is 382 g/mol. The summed E-state index contributed by atoms with van der Waals surface area (Å²) in [5, 5.41) is -0.799. The van der Waals surface area contributed by atoms with E-state index < -0.39 is 23.4 Å². The second kappa shape index (κ2) is 9.29. The summed E-state index contributed by atoms with van der Waals surface area (Å²) in [6.07, 6.45) is 0. The number of nitrogens with zero attached hydrogens (tertiary/aromatic N) is 2. The molecule has 0 unspecified atom stereocenters. The number of piperazine rings is 1. The van der Waals surface area contributed by atoms with Crippen LogP contribution >= 0.6 is 11.8 Å². The van der Waals surface area contributed by atoms with Gasteiger partial charge in [0.15, 0.2) is 11.9 Å². The molecule has 28 heavy (non-hydrogen) atoms. The fourth-order valence-electron chi connectivity index (χ4n) is 3.61. The molecule has 2 fully saturated rings. The van der Waals surface area contributed by atoms with E-state index in [-0.39, 0.29) is 12.5 Å². The summed E-state index contributed by atoms with van der Waals surface area (Å²) in [5.74, 6) is -0.918. The summed E-state index contributed by atoms with van der Waals surface area (Å²) in [6, 6.07) is 9.44. The second-order valence-electron chi connectivity index (χ2n) is 6.80. The maximum atomic E-state index is 13.0. The van der Waals surface area contributed by atoms with Gasteiger partial charge in [0.25, 0.3) is 5.91 Å². The van der Waals surface area contributed by atoms with Crippen LogP contribution in [0.15, 0.2) is 30.3 Å². The molecular formula is C19H26N3O5S+. The summed E-state index contributed by atoms with van der Waals surface area (Å²) >= 11 is 1.24. The maximum absolute atomic E-state index is 13.0. The molecule has 9 heteroatoms. The molecule has 3 rings (SSSR count). The van der Waals surface area contributed by atoms with E-state index in [9.17, 15) is 14.4 Å². The highest BCUT2D eigenvalue weighted by Gasteiger charge is 2.47. The first-order valence-electron chi connectivity index (χ1n) is 9.27. The Morgan fingerprint density at radius 2 is 1.71 bits per heavy atom. The van der Waals surface area contributed by atoms with Crippen LogP contribution < -0.4 is 9.80 Å². The fourth-order valence-corrected chi connectivity index (χ4v) is 4.93. The van der Waals surface area contributed by atoms with E-state index in [1.807, 2.05) is 18.2 Å². The maximum Gasteiger partial charge on any atom is 0.339 e. The first kappa shape index (κ1) is 20.5. The van der Waals surface area contributed by atoms with Crippen LogP contribution in [0.5, 0.6) is 0 Å². The van der Waals surface area contributed by atoms with Crippen LogP contribution in [0, 0.1) is 0 Å². The van der Waals surface area contributed by atoms with Gasteiger partial charge in [0.05, 0.1) is 40.4 Å². The number of rotatable bonds is 5.